The van der Waals surface area contributed by atoms with Crippen molar-refractivity contribution < 1.29 is 4.74 Å². The topological polar surface area (TPSA) is 24.5 Å². The fourth-order valence-electron chi connectivity index (χ4n) is 2.85. The van der Waals surface area contributed by atoms with E-state index < -0.39 is 0 Å². The van der Waals surface area contributed by atoms with Gasteiger partial charge in [0.05, 0.1) is 12.2 Å². The summed E-state index contributed by atoms with van der Waals surface area (Å²) in [6.07, 6.45) is 8.62. The highest BCUT2D eigenvalue weighted by Crippen LogP contribution is 2.19. The van der Waals surface area contributed by atoms with E-state index in [0.717, 1.165) is 13.1 Å². The molecule has 0 spiro atoms. The van der Waals surface area contributed by atoms with Crippen LogP contribution in [0.2, 0.25) is 0 Å². The second-order valence-electron chi connectivity index (χ2n) is 5.48. The highest BCUT2D eigenvalue weighted by Gasteiger charge is 2.23. The van der Waals surface area contributed by atoms with Crippen molar-refractivity contribution in [3.63, 3.8) is 0 Å². The van der Waals surface area contributed by atoms with Gasteiger partial charge in [-0.3, -0.25) is 0 Å². The predicted octanol–water partition coefficient (Wildman–Crippen LogP) is 2.02. The molecule has 2 rings (SSSR count). The van der Waals surface area contributed by atoms with Crippen LogP contribution in [0.5, 0.6) is 0 Å². The molecule has 100 valence electrons. The molecular formula is C14H28N2O. The molecule has 0 aliphatic carbocycles. The zero-order valence-corrected chi connectivity index (χ0v) is 11.3. The van der Waals surface area contributed by atoms with E-state index in [-0.39, 0.29) is 0 Å². The lowest BCUT2D eigenvalue weighted by Gasteiger charge is -2.35. The molecule has 0 amide bonds. The van der Waals surface area contributed by atoms with Crippen LogP contribution >= 0.6 is 0 Å². The lowest BCUT2D eigenvalue weighted by Crippen LogP contribution is -2.41. The average Bonchev–Trinajstić information content (AvgIpc) is 2.39. The minimum atomic E-state index is 0.531. The van der Waals surface area contributed by atoms with Crippen molar-refractivity contribution in [2.24, 2.45) is 0 Å². The van der Waals surface area contributed by atoms with Crippen molar-refractivity contribution in [2.75, 3.05) is 32.7 Å². The highest BCUT2D eigenvalue weighted by atomic mass is 16.5. The smallest absolute Gasteiger partial charge is 0.0603 e. The Hall–Kier alpha value is -0.120. The fourth-order valence-corrected chi connectivity index (χ4v) is 2.85. The maximum atomic E-state index is 6.22. The number of rotatable bonds is 5. The van der Waals surface area contributed by atoms with Crippen LogP contribution in [-0.4, -0.2) is 49.8 Å². The number of likely N-dealkylation sites (tertiary alicyclic amines) is 1. The van der Waals surface area contributed by atoms with Crippen LogP contribution < -0.4 is 5.32 Å². The largest absolute Gasteiger partial charge is 0.375 e. The quantitative estimate of drug-likeness (QED) is 0.795. The molecule has 17 heavy (non-hydrogen) atoms. The Labute approximate surface area is 106 Å². The van der Waals surface area contributed by atoms with Crippen LogP contribution in [-0.2, 0) is 4.74 Å². The van der Waals surface area contributed by atoms with Crippen molar-refractivity contribution in [3.8, 4) is 0 Å². The minimum Gasteiger partial charge on any atom is -0.375 e. The number of nitrogens with zero attached hydrogens (tertiary/aromatic N) is 1. The SMILES string of the molecule is CCCCN1CCC(OC2CCNCC2)CC1. The number of piperidine rings is 2. The first kappa shape index (κ1) is 13.3. The number of unbranched alkanes of at least 4 members (excludes halogenated alkanes) is 1. The summed E-state index contributed by atoms with van der Waals surface area (Å²) in [6.45, 7) is 8.33. The van der Waals surface area contributed by atoms with Crippen molar-refractivity contribution in [3.05, 3.63) is 0 Å². The molecule has 2 fully saturated rings. The van der Waals surface area contributed by atoms with Gasteiger partial charge in [0.1, 0.15) is 0 Å². The molecule has 3 heteroatoms. The molecule has 3 nitrogen and oxygen atoms in total. The lowest BCUT2D eigenvalue weighted by atomic mass is 10.1. The Morgan fingerprint density at radius 1 is 1.06 bits per heavy atom. The first-order chi connectivity index (χ1) is 8.38. The molecule has 0 aromatic rings. The summed E-state index contributed by atoms with van der Waals surface area (Å²) >= 11 is 0. The van der Waals surface area contributed by atoms with Crippen LogP contribution in [0.15, 0.2) is 0 Å². The van der Waals surface area contributed by atoms with E-state index in [1.807, 2.05) is 0 Å². The Kier molecular flexibility index (Phi) is 5.75. The van der Waals surface area contributed by atoms with E-state index in [9.17, 15) is 0 Å². The van der Waals surface area contributed by atoms with Gasteiger partial charge >= 0.3 is 0 Å². The molecule has 0 saturated carbocycles. The van der Waals surface area contributed by atoms with E-state index in [4.69, 9.17) is 4.74 Å². The molecule has 0 aromatic heterocycles. The second kappa shape index (κ2) is 7.34. The first-order valence-corrected chi connectivity index (χ1v) is 7.47. The van der Waals surface area contributed by atoms with Gasteiger partial charge in [0.25, 0.3) is 0 Å². The summed E-state index contributed by atoms with van der Waals surface area (Å²) in [5, 5.41) is 3.39. The van der Waals surface area contributed by atoms with Gasteiger partial charge in [0.2, 0.25) is 0 Å². The van der Waals surface area contributed by atoms with Gasteiger partial charge in [-0.1, -0.05) is 13.3 Å². The molecule has 1 N–H and O–H groups in total. The Balaban J connectivity index is 1.61. The van der Waals surface area contributed by atoms with Crippen LogP contribution in [0.1, 0.15) is 45.4 Å². The molecule has 0 aromatic carbocycles. The molecule has 2 saturated heterocycles. The van der Waals surface area contributed by atoms with E-state index in [2.05, 4.69) is 17.1 Å². The van der Waals surface area contributed by atoms with Gasteiger partial charge in [-0.25, -0.2) is 0 Å². The van der Waals surface area contributed by atoms with Gasteiger partial charge in [0, 0.05) is 13.1 Å². The minimum absolute atomic E-state index is 0.531. The normalized spacial score (nSPS) is 25.2. The summed E-state index contributed by atoms with van der Waals surface area (Å²) in [6, 6.07) is 0. The lowest BCUT2D eigenvalue weighted by molar-refractivity contribution is -0.0530. The summed E-state index contributed by atoms with van der Waals surface area (Å²) in [7, 11) is 0. The van der Waals surface area contributed by atoms with Crippen LogP contribution in [0.4, 0.5) is 0 Å². The summed E-state index contributed by atoms with van der Waals surface area (Å²) in [5.74, 6) is 0. The third kappa shape index (κ3) is 4.57. The summed E-state index contributed by atoms with van der Waals surface area (Å²) in [4.78, 5) is 2.60. The first-order valence-electron chi connectivity index (χ1n) is 7.47. The number of hydrogen-bond donors (Lipinski definition) is 1. The van der Waals surface area contributed by atoms with Crippen LogP contribution in [0.3, 0.4) is 0 Å². The molecule has 0 unspecified atom stereocenters. The van der Waals surface area contributed by atoms with Gasteiger partial charge in [0.15, 0.2) is 0 Å². The van der Waals surface area contributed by atoms with E-state index in [1.165, 1.54) is 58.2 Å². The third-order valence-electron chi connectivity index (χ3n) is 4.03. The van der Waals surface area contributed by atoms with Crippen LogP contribution in [0.25, 0.3) is 0 Å². The number of nitrogens with one attached hydrogen (secondary N) is 1. The average molecular weight is 240 g/mol. The maximum Gasteiger partial charge on any atom is 0.0603 e. The highest BCUT2D eigenvalue weighted by molar-refractivity contribution is 4.76. The van der Waals surface area contributed by atoms with Crippen molar-refractivity contribution in [1.82, 2.24) is 10.2 Å². The number of hydrogen-bond acceptors (Lipinski definition) is 3. The van der Waals surface area contributed by atoms with Crippen molar-refractivity contribution in [2.45, 2.75) is 57.7 Å². The fraction of sp³-hybridized carbons (Fsp3) is 1.00. The van der Waals surface area contributed by atoms with Gasteiger partial charge < -0.3 is 15.0 Å². The zero-order valence-electron chi connectivity index (χ0n) is 11.3. The molecular weight excluding hydrogens is 212 g/mol. The standard InChI is InChI=1S/C14H28N2O/c1-2-3-10-16-11-6-14(7-12-16)17-13-4-8-15-9-5-13/h13-15H,2-12H2,1H3. The molecule has 2 aliphatic rings. The van der Waals surface area contributed by atoms with Gasteiger partial charge in [-0.15, -0.1) is 0 Å². The second-order valence-corrected chi connectivity index (χ2v) is 5.48. The summed E-state index contributed by atoms with van der Waals surface area (Å²) < 4.78 is 6.22. The Bertz CT molecular complexity index is 196. The van der Waals surface area contributed by atoms with Crippen LogP contribution in [0, 0.1) is 0 Å². The van der Waals surface area contributed by atoms with E-state index >= 15 is 0 Å². The molecule has 2 heterocycles. The van der Waals surface area contributed by atoms with Gasteiger partial charge in [-0.05, 0) is 51.7 Å². The third-order valence-corrected chi connectivity index (χ3v) is 4.03. The van der Waals surface area contributed by atoms with E-state index in [1.54, 1.807) is 0 Å². The molecule has 0 bridgehead atoms. The Morgan fingerprint density at radius 2 is 1.71 bits per heavy atom. The summed E-state index contributed by atoms with van der Waals surface area (Å²) in [5.41, 5.74) is 0. The van der Waals surface area contributed by atoms with Crippen molar-refractivity contribution in [1.29, 1.82) is 0 Å². The van der Waals surface area contributed by atoms with Gasteiger partial charge in [-0.2, -0.15) is 0 Å². The predicted molar refractivity (Wildman–Crippen MR) is 71.3 cm³/mol. The molecule has 0 radical (unpaired) electrons. The van der Waals surface area contributed by atoms with Crippen molar-refractivity contribution >= 4 is 0 Å². The molecule has 2 aliphatic heterocycles. The number of ether oxygens (including phenoxy) is 1. The molecule has 0 atom stereocenters. The maximum absolute atomic E-state index is 6.22. The Morgan fingerprint density at radius 3 is 2.35 bits per heavy atom. The van der Waals surface area contributed by atoms with E-state index in [0.29, 0.717) is 12.2 Å². The zero-order chi connectivity index (χ0) is 11.9. The monoisotopic (exact) mass is 240 g/mol.